The minimum atomic E-state index is -0.891. The average molecular weight is 262 g/mol. The number of fused-ring (bicyclic) bond motifs is 1. The molecule has 0 radical (unpaired) electrons. The maximum atomic E-state index is 11.0. The Balaban J connectivity index is 2.13. The van der Waals surface area contributed by atoms with Crippen LogP contribution in [-0.2, 0) is 0 Å². The number of carboxylic acid groups (broad SMARTS) is 1. The molecule has 3 aromatic carbocycles. The normalized spacial score (nSPS) is 10.7. The van der Waals surface area contributed by atoms with Crippen LogP contribution in [0.25, 0.3) is 21.9 Å². The predicted molar refractivity (Wildman–Crippen MR) is 81.1 cm³/mol. The van der Waals surface area contributed by atoms with Crippen LogP contribution in [0.5, 0.6) is 0 Å². The number of aromatic carboxylic acids is 1. The lowest BCUT2D eigenvalue weighted by molar-refractivity contribution is 0.0697. The maximum Gasteiger partial charge on any atom is 0.335 e. The molecule has 0 spiro atoms. The lowest BCUT2D eigenvalue weighted by Gasteiger charge is -2.08. The molecule has 0 saturated heterocycles. The fourth-order valence-corrected chi connectivity index (χ4v) is 2.48. The van der Waals surface area contributed by atoms with Crippen LogP contribution in [0.1, 0.15) is 15.9 Å². The van der Waals surface area contributed by atoms with Crippen LogP contribution in [0.15, 0.2) is 60.7 Å². The van der Waals surface area contributed by atoms with Gasteiger partial charge in [0.2, 0.25) is 0 Å². The van der Waals surface area contributed by atoms with E-state index in [1.165, 1.54) is 10.8 Å². The summed E-state index contributed by atoms with van der Waals surface area (Å²) >= 11 is 0. The second kappa shape index (κ2) is 4.82. The van der Waals surface area contributed by atoms with Gasteiger partial charge in [0.1, 0.15) is 0 Å². The van der Waals surface area contributed by atoms with E-state index in [0.29, 0.717) is 5.56 Å². The minimum Gasteiger partial charge on any atom is -0.478 e. The molecule has 1 N–H and O–H groups in total. The third-order valence-electron chi connectivity index (χ3n) is 3.53. The number of carbonyl (C=O) groups is 1. The van der Waals surface area contributed by atoms with Crippen molar-refractivity contribution in [3.8, 4) is 11.1 Å². The quantitative estimate of drug-likeness (QED) is 0.737. The van der Waals surface area contributed by atoms with Gasteiger partial charge in [0.05, 0.1) is 5.56 Å². The van der Waals surface area contributed by atoms with Crippen LogP contribution in [0.2, 0.25) is 0 Å². The summed E-state index contributed by atoms with van der Waals surface area (Å²) in [4.78, 5) is 11.0. The summed E-state index contributed by atoms with van der Waals surface area (Å²) in [6.45, 7) is 1.94. The van der Waals surface area contributed by atoms with Crippen molar-refractivity contribution >= 4 is 16.7 Å². The molecule has 0 heterocycles. The van der Waals surface area contributed by atoms with Gasteiger partial charge in [-0.2, -0.15) is 0 Å². The monoisotopic (exact) mass is 262 g/mol. The van der Waals surface area contributed by atoms with Crippen LogP contribution in [0.3, 0.4) is 0 Å². The number of hydrogen-bond acceptors (Lipinski definition) is 1. The first-order valence-corrected chi connectivity index (χ1v) is 6.48. The van der Waals surface area contributed by atoms with Gasteiger partial charge in [0.25, 0.3) is 0 Å². The summed E-state index contributed by atoms with van der Waals surface area (Å²) in [7, 11) is 0. The summed E-state index contributed by atoms with van der Waals surface area (Å²) in [6, 6.07) is 19.8. The fraction of sp³-hybridized carbons (Fsp3) is 0.0556. The van der Waals surface area contributed by atoms with Crippen molar-refractivity contribution in [3.63, 3.8) is 0 Å². The second-order valence-corrected chi connectivity index (χ2v) is 4.90. The van der Waals surface area contributed by atoms with Crippen molar-refractivity contribution in [1.29, 1.82) is 0 Å². The third-order valence-corrected chi connectivity index (χ3v) is 3.53. The van der Waals surface area contributed by atoms with Gasteiger partial charge in [-0.05, 0) is 52.6 Å². The predicted octanol–water partition coefficient (Wildman–Crippen LogP) is 4.51. The van der Waals surface area contributed by atoms with Gasteiger partial charge >= 0.3 is 5.97 Å². The largest absolute Gasteiger partial charge is 0.478 e. The van der Waals surface area contributed by atoms with Crippen LogP contribution < -0.4 is 0 Å². The lowest BCUT2D eigenvalue weighted by Crippen LogP contribution is -1.97. The minimum absolute atomic E-state index is 0.326. The van der Waals surface area contributed by atoms with Crippen molar-refractivity contribution in [2.75, 3.05) is 0 Å². The van der Waals surface area contributed by atoms with Gasteiger partial charge in [-0.1, -0.05) is 42.5 Å². The zero-order valence-electron chi connectivity index (χ0n) is 11.1. The van der Waals surface area contributed by atoms with Crippen molar-refractivity contribution in [2.24, 2.45) is 0 Å². The Morgan fingerprint density at radius 1 is 0.900 bits per heavy atom. The highest BCUT2D eigenvalue weighted by Crippen LogP contribution is 2.27. The molecular weight excluding hydrogens is 248 g/mol. The van der Waals surface area contributed by atoms with Gasteiger partial charge < -0.3 is 5.11 Å². The number of hydrogen-bond donors (Lipinski definition) is 1. The molecule has 3 aromatic rings. The standard InChI is InChI=1S/C18H14O2/c1-12-10-16(18(19)20)8-9-17(12)15-7-6-13-4-2-3-5-14(13)11-15/h2-11H,1H3,(H,19,20). The van der Waals surface area contributed by atoms with Crippen LogP contribution in [0.4, 0.5) is 0 Å². The Hall–Kier alpha value is -2.61. The highest BCUT2D eigenvalue weighted by Gasteiger charge is 2.07. The number of rotatable bonds is 2. The summed E-state index contributed by atoms with van der Waals surface area (Å²) in [5.74, 6) is -0.891. The van der Waals surface area contributed by atoms with E-state index in [1.807, 2.05) is 25.1 Å². The van der Waals surface area contributed by atoms with E-state index in [4.69, 9.17) is 5.11 Å². The fourth-order valence-electron chi connectivity index (χ4n) is 2.48. The molecule has 0 unspecified atom stereocenters. The van der Waals surface area contributed by atoms with Gasteiger partial charge in [0.15, 0.2) is 0 Å². The average Bonchev–Trinajstić information content (AvgIpc) is 2.46. The van der Waals surface area contributed by atoms with Crippen LogP contribution >= 0.6 is 0 Å². The molecule has 0 fully saturated rings. The molecule has 3 rings (SSSR count). The van der Waals surface area contributed by atoms with Gasteiger partial charge in [-0.3, -0.25) is 0 Å². The van der Waals surface area contributed by atoms with Crippen LogP contribution in [-0.4, -0.2) is 11.1 Å². The van der Waals surface area contributed by atoms with Crippen LogP contribution in [0, 0.1) is 6.92 Å². The van der Waals surface area contributed by atoms with Gasteiger partial charge in [0, 0.05) is 0 Å². The molecule has 0 aromatic heterocycles. The Morgan fingerprint density at radius 3 is 2.35 bits per heavy atom. The van der Waals surface area contributed by atoms with Crippen molar-refractivity contribution < 1.29 is 9.90 Å². The van der Waals surface area contributed by atoms with E-state index in [-0.39, 0.29) is 0 Å². The molecule has 0 bridgehead atoms. The molecule has 2 nitrogen and oxygen atoms in total. The van der Waals surface area contributed by atoms with E-state index in [2.05, 4.69) is 30.3 Å². The molecular formula is C18H14O2. The summed E-state index contributed by atoms with van der Waals surface area (Å²) < 4.78 is 0. The molecule has 0 amide bonds. The van der Waals surface area contributed by atoms with Crippen molar-refractivity contribution in [3.05, 3.63) is 71.8 Å². The first kappa shape index (κ1) is 12.4. The molecule has 20 heavy (non-hydrogen) atoms. The zero-order valence-corrected chi connectivity index (χ0v) is 11.1. The highest BCUT2D eigenvalue weighted by atomic mass is 16.4. The molecule has 2 heteroatoms. The number of carboxylic acids is 1. The Bertz CT molecular complexity index is 803. The number of benzene rings is 3. The smallest absolute Gasteiger partial charge is 0.335 e. The number of aryl methyl sites for hydroxylation is 1. The van der Waals surface area contributed by atoms with E-state index in [1.54, 1.807) is 12.1 Å². The molecule has 0 saturated carbocycles. The topological polar surface area (TPSA) is 37.3 Å². The van der Waals surface area contributed by atoms with E-state index in [0.717, 1.165) is 16.7 Å². The second-order valence-electron chi connectivity index (χ2n) is 4.90. The Labute approximate surface area is 117 Å². The van der Waals surface area contributed by atoms with Gasteiger partial charge in [-0.25, -0.2) is 4.79 Å². The molecule has 98 valence electrons. The van der Waals surface area contributed by atoms with E-state index in [9.17, 15) is 4.79 Å². The molecule has 0 aliphatic heterocycles. The summed E-state index contributed by atoms with van der Waals surface area (Å²) in [5, 5.41) is 11.4. The maximum absolute atomic E-state index is 11.0. The van der Waals surface area contributed by atoms with Crippen molar-refractivity contribution in [2.45, 2.75) is 6.92 Å². The Kier molecular flexibility index (Phi) is 2.99. The van der Waals surface area contributed by atoms with Gasteiger partial charge in [-0.15, -0.1) is 0 Å². The SMILES string of the molecule is Cc1cc(C(=O)O)ccc1-c1ccc2ccccc2c1. The van der Waals surface area contributed by atoms with Crippen molar-refractivity contribution in [1.82, 2.24) is 0 Å². The first-order chi connectivity index (χ1) is 9.65. The zero-order chi connectivity index (χ0) is 14.1. The third kappa shape index (κ3) is 2.16. The van der Waals surface area contributed by atoms with E-state index < -0.39 is 5.97 Å². The highest BCUT2D eigenvalue weighted by molar-refractivity contribution is 5.90. The first-order valence-electron chi connectivity index (χ1n) is 6.48. The molecule has 0 aliphatic carbocycles. The molecule has 0 aliphatic rings. The summed E-state index contributed by atoms with van der Waals surface area (Å²) in [5.41, 5.74) is 3.48. The summed E-state index contributed by atoms with van der Waals surface area (Å²) in [6.07, 6.45) is 0. The van der Waals surface area contributed by atoms with E-state index >= 15 is 0 Å². The molecule has 0 atom stereocenters. The Morgan fingerprint density at radius 2 is 1.65 bits per heavy atom. The lowest BCUT2D eigenvalue weighted by atomic mass is 9.96.